The molecule has 4 rings (SSSR count). The molecule has 1 N–H and O–H groups in total. The fraction of sp³-hybridized carbons (Fsp3) is 0.278. The Morgan fingerprint density at radius 2 is 2.28 bits per heavy atom. The second-order valence-electron chi connectivity index (χ2n) is 6.06. The van der Waals surface area contributed by atoms with Crippen molar-refractivity contribution < 1.29 is 9.53 Å². The number of rotatable bonds is 3. The Balaban J connectivity index is 1.46. The Labute approximate surface area is 148 Å². The molecule has 1 aromatic carbocycles. The predicted molar refractivity (Wildman–Crippen MR) is 95.4 cm³/mol. The second-order valence-corrected chi connectivity index (χ2v) is 6.93. The van der Waals surface area contributed by atoms with Gasteiger partial charge in [-0.1, -0.05) is 18.2 Å². The fourth-order valence-electron chi connectivity index (χ4n) is 3.05. The van der Waals surface area contributed by atoms with E-state index in [1.807, 2.05) is 18.2 Å². The van der Waals surface area contributed by atoms with E-state index in [0.717, 1.165) is 24.2 Å². The Morgan fingerprint density at radius 3 is 3.20 bits per heavy atom. The highest BCUT2D eigenvalue weighted by atomic mass is 32.1. The van der Waals surface area contributed by atoms with E-state index in [0.29, 0.717) is 18.1 Å². The Bertz CT molecular complexity index is 979. The molecule has 0 aliphatic carbocycles. The first-order valence-corrected chi connectivity index (χ1v) is 9.04. The van der Waals surface area contributed by atoms with Crippen molar-refractivity contribution in [2.75, 3.05) is 13.2 Å². The summed E-state index contributed by atoms with van der Waals surface area (Å²) in [6.07, 6.45) is 4.69. The number of benzene rings is 1. The van der Waals surface area contributed by atoms with Crippen LogP contribution in [-0.4, -0.2) is 28.4 Å². The molecule has 1 aliphatic heterocycles. The SMILES string of the molecule is O=C(NCC1CCOc2ccccc2C1)c1cnc2sccn2c1=O. The third kappa shape index (κ3) is 3.15. The zero-order valence-electron chi connectivity index (χ0n) is 13.5. The third-order valence-electron chi connectivity index (χ3n) is 4.40. The van der Waals surface area contributed by atoms with Crippen molar-refractivity contribution in [3.63, 3.8) is 0 Å². The second kappa shape index (κ2) is 6.68. The number of nitrogens with zero attached hydrogens (tertiary/aromatic N) is 2. The molecule has 0 spiro atoms. The summed E-state index contributed by atoms with van der Waals surface area (Å²) >= 11 is 1.36. The first kappa shape index (κ1) is 15.8. The lowest BCUT2D eigenvalue weighted by molar-refractivity contribution is 0.0943. The summed E-state index contributed by atoms with van der Waals surface area (Å²) in [6.45, 7) is 1.13. The molecule has 7 heteroatoms. The third-order valence-corrected chi connectivity index (χ3v) is 5.17. The zero-order chi connectivity index (χ0) is 17.2. The van der Waals surface area contributed by atoms with Crippen LogP contribution in [0.25, 0.3) is 4.96 Å². The van der Waals surface area contributed by atoms with Crippen LogP contribution >= 0.6 is 11.3 Å². The van der Waals surface area contributed by atoms with Crippen LogP contribution < -0.4 is 15.6 Å². The lowest BCUT2D eigenvalue weighted by atomic mass is 9.97. The van der Waals surface area contributed by atoms with Crippen LogP contribution in [0.4, 0.5) is 0 Å². The molecule has 6 nitrogen and oxygen atoms in total. The zero-order valence-corrected chi connectivity index (χ0v) is 14.3. The van der Waals surface area contributed by atoms with E-state index < -0.39 is 0 Å². The first-order valence-electron chi connectivity index (χ1n) is 8.16. The number of hydrogen-bond acceptors (Lipinski definition) is 5. The summed E-state index contributed by atoms with van der Waals surface area (Å²) < 4.78 is 7.15. The van der Waals surface area contributed by atoms with Crippen LogP contribution in [0.2, 0.25) is 0 Å². The molecule has 25 heavy (non-hydrogen) atoms. The molecule has 2 aromatic heterocycles. The minimum absolute atomic E-state index is 0.0705. The summed E-state index contributed by atoms with van der Waals surface area (Å²) in [4.78, 5) is 29.5. The molecule has 1 amide bonds. The molecule has 3 aromatic rings. The topological polar surface area (TPSA) is 72.7 Å². The maximum Gasteiger partial charge on any atom is 0.271 e. The molecular weight excluding hydrogens is 338 g/mol. The van der Waals surface area contributed by atoms with Crippen molar-refractivity contribution >= 4 is 22.2 Å². The summed E-state index contributed by atoms with van der Waals surface area (Å²) in [5, 5.41) is 4.65. The minimum atomic E-state index is -0.378. The van der Waals surface area contributed by atoms with E-state index >= 15 is 0 Å². The van der Waals surface area contributed by atoms with Gasteiger partial charge in [-0.25, -0.2) is 4.98 Å². The number of hydrogen-bond donors (Lipinski definition) is 1. The van der Waals surface area contributed by atoms with E-state index in [9.17, 15) is 9.59 Å². The smallest absolute Gasteiger partial charge is 0.271 e. The number of amides is 1. The summed E-state index contributed by atoms with van der Waals surface area (Å²) in [7, 11) is 0. The lowest BCUT2D eigenvalue weighted by Gasteiger charge is -2.14. The first-order chi connectivity index (χ1) is 12.2. The molecule has 0 saturated carbocycles. The molecule has 0 bridgehead atoms. The number of para-hydroxylation sites is 1. The quantitative estimate of drug-likeness (QED) is 0.781. The van der Waals surface area contributed by atoms with Crippen LogP contribution in [-0.2, 0) is 6.42 Å². The highest BCUT2D eigenvalue weighted by molar-refractivity contribution is 7.15. The molecule has 128 valence electrons. The van der Waals surface area contributed by atoms with E-state index in [4.69, 9.17) is 4.74 Å². The standard InChI is InChI=1S/C18H17N3O3S/c22-16(14-11-20-18-21(17(14)23)6-8-25-18)19-10-12-5-7-24-15-4-2-1-3-13(15)9-12/h1-4,6,8,11-12H,5,7,9-10H2,(H,19,22). The molecular formula is C18H17N3O3S. The van der Waals surface area contributed by atoms with Crippen molar-refractivity contribution in [1.29, 1.82) is 0 Å². The monoisotopic (exact) mass is 355 g/mol. The van der Waals surface area contributed by atoms with Gasteiger partial charge >= 0.3 is 0 Å². The number of ether oxygens (including phenoxy) is 1. The van der Waals surface area contributed by atoms with Gasteiger partial charge in [0, 0.05) is 24.3 Å². The van der Waals surface area contributed by atoms with Gasteiger partial charge in [0.25, 0.3) is 11.5 Å². The molecule has 1 atom stereocenters. The average Bonchev–Trinajstić information content (AvgIpc) is 3.01. The number of fused-ring (bicyclic) bond motifs is 2. The van der Waals surface area contributed by atoms with Crippen LogP contribution in [0.15, 0.2) is 46.8 Å². The van der Waals surface area contributed by atoms with E-state index in [2.05, 4.69) is 16.4 Å². The molecule has 1 unspecified atom stereocenters. The van der Waals surface area contributed by atoms with Crippen molar-refractivity contribution in [1.82, 2.24) is 14.7 Å². The van der Waals surface area contributed by atoms with Gasteiger partial charge < -0.3 is 10.1 Å². The molecule has 3 heterocycles. The predicted octanol–water partition coefficient (Wildman–Crippen LogP) is 2.13. The summed E-state index contributed by atoms with van der Waals surface area (Å²) in [5.41, 5.74) is 0.889. The molecule has 0 radical (unpaired) electrons. The van der Waals surface area contributed by atoms with Gasteiger partial charge in [-0.3, -0.25) is 14.0 Å². The maximum absolute atomic E-state index is 12.4. The largest absolute Gasteiger partial charge is 0.493 e. The number of carbonyl (C=O) groups excluding carboxylic acids is 1. The van der Waals surface area contributed by atoms with Gasteiger partial charge in [0.2, 0.25) is 0 Å². The molecule has 0 saturated heterocycles. The number of aromatic nitrogens is 2. The fourth-order valence-corrected chi connectivity index (χ4v) is 3.72. The van der Waals surface area contributed by atoms with Crippen LogP contribution in [0.5, 0.6) is 5.75 Å². The lowest BCUT2D eigenvalue weighted by Crippen LogP contribution is -2.34. The van der Waals surface area contributed by atoms with Gasteiger partial charge in [0.15, 0.2) is 4.96 Å². The van der Waals surface area contributed by atoms with Gasteiger partial charge in [0.05, 0.1) is 6.61 Å². The summed E-state index contributed by atoms with van der Waals surface area (Å²) in [5.74, 6) is 0.812. The van der Waals surface area contributed by atoms with Crippen LogP contribution in [0.1, 0.15) is 22.3 Å². The van der Waals surface area contributed by atoms with Crippen molar-refractivity contribution in [2.24, 2.45) is 5.92 Å². The van der Waals surface area contributed by atoms with Crippen LogP contribution in [0.3, 0.4) is 0 Å². The average molecular weight is 355 g/mol. The molecule has 1 aliphatic rings. The highest BCUT2D eigenvalue weighted by Crippen LogP contribution is 2.26. The Kier molecular flexibility index (Phi) is 4.23. The number of thiazole rings is 1. The number of nitrogens with one attached hydrogen (secondary N) is 1. The Hall–Kier alpha value is -2.67. The maximum atomic E-state index is 12.4. The number of carbonyl (C=O) groups is 1. The van der Waals surface area contributed by atoms with Gasteiger partial charge in [-0.15, -0.1) is 11.3 Å². The van der Waals surface area contributed by atoms with E-state index in [1.54, 1.807) is 11.6 Å². The van der Waals surface area contributed by atoms with Crippen molar-refractivity contribution in [2.45, 2.75) is 12.8 Å². The normalized spacial score (nSPS) is 16.7. The molecule has 0 fully saturated rings. The van der Waals surface area contributed by atoms with E-state index in [-0.39, 0.29) is 22.9 Å². The highest BCUT2D eigenvalue weighted by Gasteiger charge is 2.19. The van der Waals surface area contributed by atoms with Crippen molar-refractivity contribution in [3.05, 3.63) is 63.5 Å². The van der Waals surface area contributed by atoms with Crippen molar-refractivity contribution in [3.8, 4) is 5.75 Å². The summed E-state index contributed by atoms with van der Waals surface area (Å²) in [6, 6.07) is 7.98. The van der Waals surface area contributed by atoms with Crippen LogP contribution in [0, 0.1) is 5.92 Å². The van der Waals surface area contributed by atoms with Gasteiger partial charge in [-0.2, -0.15) is 0 Å². The van der Waals surface area contributed by atoms with E-state index in [1.165, 1.54) is 21.9 Å². The Morgan fingerprint density at radius 1 is 1.40 bits per heavy atom. The van der Waals surface area contributed by atoms with Gasteiger partial charge in [0.1, 0.15) is 11.3 Å². The van der Waals surface area contributed by atoms with Gasteiger partial charge in [-0.05, 0) is 30.4 Å². The minimum Gasteiger partial charge on any atom is -0.493 e.